The molecule has 1 aliphatic heterocycles. The molecule has 25 heavy (non-hydrogen) atoms. The van der Waals surface area contributed by atoms with Gasteiger partial charge in [0.25, 0.3) is 0 Å². The number of alkyl halides is 3. The summed E-state index contributed by atoms with van der Waals surface area (Å²) in [5.41, 5.74) is -0.633. The van der Waals surface area contributed by atoms with E-state index >= 15 is 0 Å². The molecule has 1 aromatic carbocycles. The largest absolute Gasteiger partial charge is 0.463 e. The predicted molar refractivity (Wildman–Crippen MR) is 80.4 cm³/mol. The third kappa shape index (κ3) is 2.94. The zero-order chi connectivity index (χ0) is 18.2. The lowest BCUT2D eigenvalue weighted by Crippen LogP contribution is -2.31. The SMILES string of the molecule is CCOC(=O)C1=C(C)Nc2nnnn2C1c1ccccc1C(F)(F)F. The van der Waals surface area contributed by atoms with Crippen LogP contribution in [0.5, 0.6) is 0 Å². The number of allylic oxidation sites excluding steroid dienone is 1. The summed E-state index contributed by atoms with van der Waals surface area (Å²) >= 11 is 0. The monoisotopic (exact) mass is 353 g/mol. The van der Waals surface area contributed by atoms with Crippen molar-refractivity contribution in [3.05, 3.63) is 46.7 Å². The van der Waals surface area contributed by atoms with Crippen LogP contribution < -0.4 is 5.32 Å². The fraction of sp³-hybridized carbons (Fsp3) is 0.333. The van der Waals surface area contributed by atoms with Gasteiger partial charge in [-0.3, -0.25) is 0 Å². The van der Waals surface area contributed by atoms with Gasteiger partial charge in [-0.2, -0.15) is 17.9 Å². The Labute approximate surface area is 140 Å². The third-order valence-electron chi connectivity index (χ3n) is 3.77. The van der Waals surface area contributed by atoms with Crippen LogP contribution in [0, 0.1) is 0 Å². The van der Waals surface area contributed by atoms with E-state index in [0.29, 0.717) is 5.70 Å². The first-order valence-corrected chi connectivity index (χ1v) is 7.43. The molecule has 0 bridgehead atoms. The first kappa shape index (κ1) is 16.9. The van der Waals surface area contributed by atoms with Gasteiger partial charge >= 0.3 is 12.1 Å². The number of tetrazole rings is 1. The van der Waals surface area contributed by atoms with Crippen LogP contribution in [0.1, 0.15) is 31.0 Å². The van der Waals surface area contributed by atoms with E-state index in [1.165, 1.54) is 18.2 Å². The number of carbonyl (C=O) groups excluding carboxylic acids is 1. The Morgan fingerprint density at radius 3 is 2.76 bits per heavy atom. The molecule has 10 heteroatoms. The van der Waals surface area contributed by atoms with Gasteiger partial charge in [-0.05, 0) is 35.9 Å². The van der Waals surface area contributed by atoms with Crippen LogP contribution in [0.3, 0.4) is 0 Å². The topological polar surface area (TPSA) is 81.9 Å². The molecular weight excluding hydrogens is 339 g/mol. The molecular formula is C15H14F3N5O2. The normalized spacial score (nSPS) is 17.1. The molecule has 0 radical (unpaired) electrons. The van der Waals surface area contributed by atoms with Crippen LogP contribution in [0.2, 0.25) is 0 Å². The lowest BCUT2D eigenvalue weighted by molar-refractivity contribution is -0.141. The van der Waals surface area contributed by atoms with E-state index in [1.54, 1.807) is 13.8 Å². The number of hydrogen-bond acceptors (Lipinski definition) is 6. The van der Waals surface area contributed by atoms with Crippen molar-refractivity contribution in [3.8, 4) is 0 Å². The number of halogens is 3. The second-order valence-corrected chi connectivity index (χ2v) is 5.32. The first-order valence-electron chi connectivity index (χ1n) is 7.43. The highest BCUT2D eigenvalue weighted by Crippen LogP contribution is 2.41. The molecule has 1 unspecified atom stereocenters. The molecule has 0 spiro atoms. The number of carbonyl (C=O) groups is 1. The number of aromatic nitrogens is 4. The molecule has 7 nitrogen and oxygen atoms in total. The van der Waals surface area contributed by atoms with Crippen molar-refractivity contribution in [2.24, 2.45) is 0 Å². The Kier molecular flexibility index (Phi) is 4.19. The Hall–Kier alpha value is -2.91. The summed E-state index contributed by atoms with van der Waals surface area (Å²) in [6, 6.07) is 3.86. The molecule has 2 aromatic rings. The molecule has 0 saturated heterocycles. The van der Waals surface area contributed by atoms with E-state index in [4.69, 9.17) is 4.74 Å². The maximum atomic E-state index is 13.5. The average molecular weight is 353 g/mol. The minimum atomic E-state index is -4.59. The lowest BCUT2D eigenvalue weighted by atomic mass is 9.92. The summed E-state index contributed by atoms with van der Waals surface area (Å²) in [5.74, 6) is -0.580. The summed E-state index contributed by atoms with van der Waals surface area (Å²) in [7, 11) is 0. The van der Waals surface area contributed by atoms with Gasteiger partial charge in [0.15, 0.2) is 0 Å². The van der Waals surface area contributed by atoms with Crippen LogP contribution in [0.25, 0.3) is 0 Å². The molecule has 3 rings (SSSR count). The summed E-state index contributed by atoms with van der Waals surface area (Å²) in [6.07, 6.45) is -4.59. The molecule has 1 aliphatic rings. The van der Waals surface area contributed by atoms with Crippen molar-refractivity contribution in [2.45, 2.75) is 26.1 Å². The van der Waals surface area contributed by atoms with Crippen molar-refractivity contribution >= 4 is 11.9 Å². The Morgan fingerprint density at radius 1 is 1.36 bits per heavy atom. The molecule has 2 heterocycles. The van der Waals surface area contributed by atoms with E-state index in [-0.39, 0.29) is 23.7 Å². The maximum absolute atomic E-state index is 13.5. The molecule has 0 amide bonds. The van der Waals surface area contributed by atoms with Crippen molar-refractivity contribution in [2.75, 3.05) is 11.9 Å². The van der Waals surface area contributed by atoms with Gasteiger partial charge in [0.05, 0.1) is 17.7 Å². The fourth-order valence-electron chi connectivity index (χ4n) is 2.77. The highest BCUT2D eigenvalue weighted by Gasteiger charge is 2.41. The minimum absolute atomic E-state index is 0.0262. The van der Waals surface area contributed by atoms with Crippen molar-refractivity contribution in [1.82, 2.24) is 20.2 Å². The zero-order valence-corrected chi connectivity index (χ0v) is 13.3. The molecule has 0 aliphatic carbocycles. The molecule has 1 N–H and O–H groups in total. The highest BCUT2D eigenvalue weighted by atomic mass is 19.4. The fourth-order valence-corrected chi connectivity index (χ4v) is 2.77. The van der Waals surface area contributed by atoms with Crippen LogP contribution in [-0.4, -0.2) is 32.8 Å². The standard InChI is InChI=1S/C15H14F3N5O2/c1-3-25-13(24)11-8(2)19-14-20-21-22-23(14)12(11)9-6-4-5-7-10(9)15(16,17)18/h4-7,12H,3H2,1-2H3,(H,19,20,22). The maximum Gasteiger partial charge on any atom is 0.416 e. The predicted octanol–water partition coefficient (Wildman–Crippen LogP) is 2.54. The number of ether oxygens (including phenoxy) is 1. The van der Waals surface area contributed by atoms with Crippen LogP contribution in [-0.2, 0) is 15.7 Å². The smallest absolute Gasteiger partial charge is 0.416 e. The van der Waals surface area contributed by atoms with Gasteiger partial charge in [-0.25, -0.2) is 4.79 Å². The van der Waals surface area contributed by atoms with Crippen molar-refractivity contribution < 1.29 is 22.7 Å². The second-order valence-electron chi connectivity index (χ2n) is 5.32. The molecule has 132 valence electrons. The van der Waals surface area contributed by atoms with Crippen LogP contribution in [0.4, 0.5) is 19.1 Å². The number of nitrogens with zero attached hydrogens (tertiary/aromatic N) is 4. The van der Waals surface area contributed by atoms with Gasteiger partial charge in [0, 0.05) is 5.70 Å². The quantitative estimate of drug-likeness (QED) is 0.854. The molecule has 1 aromatic heterocycles. The molecule has 0 fully saturated rings. The van der Waals surface area contributed by atoms with Crippen molar-refractivity contribution in [1.29, 1.82) is 0 Å². The van der Waals surface area contributed by atoms with E-state index in [2.05, 4.69) is 20.8 Å². The Morgan fingerprint density at radius 2 is 2.08 bits per heavy atom. The molecule has 0 saturated carbocycles. The zero-order valence-electron chi connectivity index (χ0n) is 13.3. The second kappa shape index (κ2) is 6.19. The van der Waals surface area contributed by atoms with E-state index < -0.39 is 23.8 Å². The number of anilines is 1. The number of esters is 1. The Balaban J connectivity index is 2.23. The van der Waals surface area contributed by atoms with E-state index in [9.17, 15) is 18.0 Å². The van der Waals surface area contributed by atoms with Gasteiger partial charge in [-0.1, -0.05) is 23.3 Å². The van der Waals surface area contributed by atoms with E-state index in [1.807, 2.05) is 0 Å². The highest BCUT2D eigenvalue weighted by molar-refractivity contribution is 5.92. The van der Waals surface area contributed by atoms with Crippen molar-refractivity contribution in [3.63, 3.8) is 0 Å². The Bertz CT molecular complexity index is 844. The summed E-state index contributed by atoms with van der Waals surface area (Å²) < 4.78 is 46.6. The number of fused-ring (bicyclic) bond motifs is 1. The third-order valence-corrected chi connectivity index (χ3v) is 3.77. The number of hydrogen-bond donors (Lipinski definition) is 1. The van der Waals surface area contributed by atoms with Gasteiger partial charge in [0.2, 0.25) is 5.95 Å². The molecule has 1 atom stereocenters. The lowest BCUT2D eigenvalue weighted by Gasteiger charge is -2.29. The summed E-state index contributed by atoms with van der Waals surface area (Å²) in [4.78, 5) is 12.4. The first-order chi connectivity index (χ1) is 11.8. The number of rotatable bonds is 3. The minimum Gasteiger partial charge on any atom is -0.463 e. The van der Waals surface area contributed by atoms with Crippen LogP contribution in [0.15, 0.2) is 35.5 Å². The van der Waals surface area contributed by atoms with Crippen LogP contribution >= 0.6 is 0 Å². The summed E-state index contributed by atoms with van der Waals surface area (Å²) in [6.45, 7) is 3.27. The number of nitrogens with one attached hydrogen (secondary N) is 1. The average Bonchev–Trinajstić information content (AvgIpc) is 3.00. The van der Waals surface area contributed by atoms with Gasteiger partial charge in [-0.15, -0.1) is 0 Å². The van der Waals surface area contributed by atoms with Gasteiger partial charge < -0.3 is 10.1 Å². The summed E-state index contributed by atoms with van der Waals surface area (Å²) in [5, 5.41) is 13.8. The van der Waals surface area contributed by atoms with Gasteiger partial charge in [0.1, 0.15) is 6.04 Å². The number of benzene rings is 1. The van der Waals surface area contributed by atoms with E-state index in [0.717, 1.165) is 10.7 Å².